The molecule has 4 aromatic rings. The Kier molecular flexibility index (Phi) is 17.2. The first-order valence-electron chi connectivity index (χ1n) is 18.4. The first-order valence-corrected chi connectivity index (χ1v) is 18.4. The minimum atomic E-state index is -0.989. The van der Waals surface area contributed by atoms with E-state index < -0.39 is 59.6 Å². The molecule has 0 bridgehead atoms. The molecule has 294 valence electrons. The fourth-order valence-electron chi connectivity index (χ4n) is 5.75. The fraction of sp³-hybridized carbons (Fsp3) is 0.286. The van der Waals surface area contributed by atoms with Gasteiger partial charge >= 0.3 is 0 Å². The number of hydrogen-bond acceptors (Lipinski definition) is 8. The van der Waals surface area contributed by atoms with Gasteiger partial charge in [0.25, 0.3) is 0 Å². The van der Waals surface area contributed by atoms with Gasteiger partial charge in [-0.3, -0.25) is 28.8 Å². The van der Waals surface area contributed by atoms with Crippen molar-refractivity contribution in [1.82, 2.24) is 31.9 Å². The second kappa shape index (κ2) is 22.7. The van der Waals surface area contributed by atoms with E-state index in [9.17, 15) is 28.8 Å². The van der Waals surface area contributed by atoms with E-state index in [2.05, 4.69) is 31.9 Å². The summed E-state index contributed by atoms with van der Waals surface area (Å²) in [4.78, 5) is 77.6. The number of benzene rings is 4. The molecule has 0 aliphatic carbocycles. The van der Waals surface area contributed by atoms with Crippen molar-refractivity contribution in [3.05, 3.63) is 144 Å². The third kappa shape index (κ3) is 15.2. The molecule has 0 saturated carbocycles. The maximum atomic E-state index is 13.3. The molecule has 0 fully saturated rings. The molecule has 4 atom stereocenters. The fourth-order valence-corrected chi connectivity index (χ4v) is 5.75. The molecule has 14 heteroatoms. The van der Waals surface area contributed by atoms with Crippen LogP contribution in [0.5, 0.6) is 0 Å². The van der Waals surface area contributed by atoms with Gasteiger partial charge in [-0.15, -0.1) is 0 Å². The van der Waals surface area contributed by atoms with Crippen molar-refractivity contribution < 1.29 is 28.8 Å². The SMILES string of the molecule is NC(Cc1ccccc1)C(=O)NCC(=O)N[C@H](Cc1ccccc1)C(=O)NCCNC(=O)[C@@H](Cc1ccccc1)NC(=O)CNC(=O)[C@@H](N)Cc1ccccc1. The number of amides is 6. The van der Waals surface area contributed by atoms with E-state index in [-0.39, 0.29) is 39.0 Å². The van der Waals surface area contributed by atoms with Crippen LogP contribution in [0.2, 0.25) is 0 Å². The number of carbonyl (C=O) groups excluding carboxylic acids is 6. The lowest BCUT2D eigenvalue weighted by Gasteiger charge is -2.21. The van der Waals surface area contributed by atoms with Gasteiger partial charge < -0.3 is 43.4 Å². The summed E-state index contributed by atoms with van der Waals surface area (Å²) in [7, 11) is 0. The van der Waals surface area contributed by atoms with E-state index in [0.29, 0.717) is 12.8 Å². The van der Waals surface area contributed by atoms with E-state index in [1.54, 1.807) is 0 Å². The Hall–Kier alpha value is -6.38. The van der Waals surface area contributed by atoms with Gasteiger partial charge in [0.1, 0.15) is 12.1 Å². The Morgan fingerprint density at radius 1 is 0.393 bits per heavy atom. The van der Waals surface area contributed by atoms with Crippen LogP contribution in [0.4, 0.5) is 0 Å². The van der Waals surface area contributed by atoms with E-state index in [0.717, 1.165) is 22.3 Å². The first kappa shape index (κ1) is 42.4. The van der Waals surface area contributed by atoms with Crippen molar-refractivity contribution in [2.75, 3.05) is 26.2 Å². The molecule has 14 nitrogen and oxygen atoms in total. The van der Waals surface area contributed by atoms with Crippen LogP contribution in [-0.2, 0) is 54.5 Å². The molecule has 0 spiro atoms. The van der Waals surface area contributed by atoms with E-state index in [4.69, 9.17) is 11.5 Å². The summed E-state index contributed by atoms with van der Waals surface area (Å²) in [6.45, 7) is -0.736. The molecular weight excluding hydrogens is 713 g/mol. The molecule has 0 aromatic heterocycles. The summed E-state index contributed by atoms with van der Waals surface area (Å²) >= 11 is 0. The molecule has 4 aromatic carbocycles. The number of carbonyl (C=O) groups is 6. The van der Waals surface area contributed by atoms with Crippen LogP contribution in [0.25, 0.3) is 0 Å². The summed E-state index contributed by atoms with van der Waals surface area (Å²) in [5.74, 6) is -3.17. The lowest BCUT2D eigenvalue weighted by atomic mass is 10.0. The smallest absolute Gasteiger partial charge is 0.242 e. The third-order valence-corrected chi connectivity index (χ3v) is 8.71. The predicted octanol–water partition coefficient (Wildman–Crippen LogP) is 0.0462. The van der Waals surface area contributed by atoms with Crippen LogP contribution in [0.3, 0.4) is 0 Å². The number of rotatable bonds is 21. The number of nitrogens with one attached hydrogen (secondary N) is 6. The topological polar surface area (TPSA) is 227 Å². The van der Waals surface area contributed by atoms with Gasteiger partial charge in [-0.05, 0) is 35.1 Å². The van der Waals surface area contributed by atoms with E-state index in [1.165, 1.54) is 0 Å². The lowest BCUT2D eigenvalue weighted by molar-refractivity contribution is -0.130. The van der Waals surface area contributed by atoms with Crippen LogP contribution in [0.15, 0.2) is 121 Å². The van der Waals surface area contributed by atoms with Crippen LogP contribution >= 0.6 is 0 Å². The van der Waals surface area contributed by atoms with Gasteiger partial charge in [0.2, 0.25) is 35.4 Å². The highest BCUT2D eigenvalue weighted by molar-refractivity contribution is 5.92. The summed E-state index contributed by atoms with van der Waals surface area (Å²) in [6, 6.07) is 33.0. The molecule has 0 heterocycles. The zero-order valence-corrected chi connectivity index (χ0v) is 31.1. The number of hydrogen-bond donors (Lipinski definition) is 8. The van der Waals surface area contributed by atoms with Crippen molar-refractivity contribution in [2.45, 2.75) is 49.9 Å². The highest BCUT2D eigenvalue weighted by Crippen LogP contribution is 2.06. The first-order chi connectivity index (χ1) is 27.1. The van der Waals surface area contributed by atoms with Crippen molar-refractivity contribution in [3.63, 3.8) is 0 Å². The standard InChI is InChI=1S/C42H50N8O6/c43-33(23-29-13-5-1-6-14-29)39(53)47-27-37(51)49-35(25-31-17-9-3-10-18-31)41(55)45-21-22-46-42(56)36(26-32-19-11-4-12-20-32)50-38(52)28-48-40(54)34(44)24-30-15-7-2-8-16-30/h1-20,33-36H,21-28,43-44H2,(H,45,55)(H,46,56)(H,47,53)(H,48,54)(H,49,51)(H,50,52)/t33-,34?,35+,36+/m0/s1. The van der Waals surface area contributed by atoms with Crippen molar-refractivity contribution >= 4 is 35.4 Å². The molecule has 0 radical (unpaired) electrons. The van der Waals surface area contributed by atoms with Gasteiger partial charge in [0, 0.05) is 25.9 Å². The van der Waals surface area contributed by atoms with Gasteiger partial charge in [0.05, 0.1) is 25.2 Å². The monoisotopic (exact) mass is 762 g/mol. The molecular formula is C42H50N8O6. The van der Waals surface area contributed by atoms with Crippen LogP contribution in [0, 0.1) is 0 Å². The van der Waals surface area contributed by atoms with Gasteiger partial charge in [0.15, 0.2) is 0 Å². The van der Waals surface area contributed by atoms with Crippen LogP contribution < -0.4 is 43.4 Å². The molecule has 10 N–H and O–H groups in total. The molecule has 1 unspecified atom stereocenters. The predicted molar refractivity (Wildman–Crippen MR) is 212 cm³/mol. The molecule has 0 aliphatic rings. The minimum Gasteiger partial charge on any atom is -0.353 e. The van der Waals surface area contributed by atoms with Crippen molar-refractivity contribution in [2.24, 2.45) is 11.5 Å². The quantitative estimate of drug-likeness (QED) is 0.0540. The highest BCUT2D eigenvalue weighted by Gasteiger charge is 2.24. The summed E-state index contributed by atoms with van der Waals surface area (Å²) in [5.41, 5.74) is 15.4. The number of nitrogens with two attached hydrogens (primary N) is 2. The van der Waals surface area contributed by atoms with Gasteiger partial charge in [-0.1, -0.05) is 121 Å². The Balaban J connectivity index is 1.27. The average Bonchev–Trinajstić information content (AvgIpc) is 3.21. The van der Waals surface area contributed by atoms with Crippen LogP contribution in [-0.4, -0.2) is 85.8 Å². The zero-order valence-electron chi connectivity index (χ0n) is 31.1. The lowest BCUT2D eigenvalue weighted by Crippen LogP contribution is -2.54. The summed E-state index contributed by atoms with van der Waals surface area (Å²) in [6.07, 6.45) is 0.939. The molecule has 0 aliphatic heterocycles. The van der Waals surface area contributed by atoms with Gasteiger partial charge in [-0.25, -0.2) is 0 Å². The zero-order chi connectivity index (χ0) is 40.1. The molecule has 4 rings (SSSR count). The molecule has 6 amide bonds. The second-order valence-electron chi connectivity index (χ2n) is 13.2. The molecule has 0 saturated heterocycles. The largest absolute Gasteiger partial charge is 0.353 e. The maximum Gasteiger partial charge on any atom is 0.242 e. The Morgan fingerprint density at radius 3 is 0.982 bits per heavy atom. The Bertz CT molecular complexity index is 1730. The van der Waals surface area contributed by atoms with Crippen molar-refractivity contribution in [1.29, 1.82) is 0 Å². The van der Waals surface area contributed by atoms with Crippen LogP contribution in [0.1, 0.15) is 22.3 Å². The van der Waals surface area contributed by atoms with E-state index >= 15 is 0 Å². The van der Waals surface area contributed by atoms with Crippen molar-refractivity contribution in [3.8, 4) is 0 Å². The maximum absolute atomic E-state index is 13.3. The summed E-state index contributed by atoms with van der Waals surface area (Å²) in [5, 5.41) is 15.9. The van der Waals surface area contributed by atoms with Gasteiger partial charge in [-0.2, -0.15) is 0 Å². The summed E-state index contributed by atoms with van der Waals surface area (Å²) < 4.78 is 0. The Morgan fingerprint density at radius 2 is 0.679 bits per heavy atom. The minimum absolute atomic E-state index is 0.0121. The van der Waals surface area contributed by atoms with E-state index in [1.807, 2.05) is 121 Å². The average molecular weight is 763 g/mol. The highest BCUT2D eigenvalue weighted by atomic mass is 16.2. The third-order valence-electron chi connectivity index (χ3n) is 8.71. The molecule has 56 heavy (non-hydrogen) atoms. The second-order valence-corrected chi connectivity index (χ2v) is 13.2. The Labute approximate surface area is 326 Å². The normalized spacial score (nSPS) is 12.8.